The number of benzene rings is 1. The maximum Gasteiger partial charge on any atom is 0.0348 e. The lowest BCUT2D eigenvalue weighted by Gasteiger charge is -2.19. The van der Waals surface area contributed by atoms with Crippen LogP contribution in [0.2, 0.25) is 0 Å². The standard InChI is InChI=1S/C17H24S/c1-16(2,3)10-12-7-8-13-14(17(4,5)6)11-18-15(13)9-12/h7-9,11H,10H2,1-6H3. The van der Waals surface area contributed by atoms with Crippen LogP contribution in [0.4, 0.5) is 0 Å². The van der Waals surface area contributed by atoms with Crippen molar-refractivity contribution in [1.82, 2.24) is 0 Å². The molecule has 1 heteroatoms. The number of rotatable bonds is 1. The summed E-state index contributed by atoms with van der Waals surface area (Å²) in [6, 6.07) is 6.99. The van der Waals surface area contributed by atoms with E-state index in [1.807, 2.05) is 11.3 Å². The number of hydrogen-bond donors (Lipinski definition) is 0. The van der Waals surface area contributed by atoms with Crippen molar-refractivity contribution < 1.29 is 0 Å². The SMILES string of the molecule is CC(C)(C)Cc1ccc2c(C(C)(C)C)csc2c1. The van der Waals surface area contributed by atoms with Crippen LogP contribution in [0.15, 0.2) is 23.6 Å². The van der Waals surface area contributed by atoms with E-state index < -0.39 is 0 Å². The van der Waals surface area contributed by atoms with E-state index in [-0.39, 0.29) is 5.41 Å². The van der Waals surface area contributed by atoms with Crippen LogP contribution in [0.5, 0.6) is 0 Å². The van der Waals surface area contributed by atoms with E-state index in [0.717, 1.165) is 6.42 Å². The van der Waals surface area contributed by atoms with Crippen molar-refractivity contribution in [3.8, 4) is 0 Å². The molecule has 1 aromatic heterocycles. The molecule has 0 saturated carbocycles. The fourth-order valence-corrected chi connectivity index (χ4v) is 3.63. The molecular formula is C17H24S. The van der Waals surface area contributed by atoms with Gasteiger partial charge in [0.05, 0.1) is 0 Å². The highest BCUT2D eigenvalue weighted by atomic mass is 32.1. The van der Waals surface area contributed by atoms with E-state index in [4.69, 9.17) is 0 Å². The molecule has 0 nitrogen and oxygen atoms in total. The lowest BCUT2D eigenvalue weighted by molar-refractivity contribution is 0.411. The zero-order valence-corrected chi connectivity index (χ0v) is 13.2. The Morgan fingerprint density at radius 3 is 2.22 bits per heavy atom. The van der Waals surface area contributed by atoms with Gasteiger partial charge in [-0.15, -0.1) is 11.3 Å². The predicted octanol–water partition coefficient (Wildman–Crippen LogP) is 5.79. The maximum absolute atomic E-state index is 2.38. The Balaban J connectivity index is 2.43. The Kier molecular flexibility index (Phi) is 3.31. The average Bonchev–Trinajstić information content (AvgIpc) is 2.56. The first-order valence-electron chi connectivity index (χ1n) is 6.67. The summed E-state index contributed by atoms with van der Waals surface area (Å²) in [5, 5.41) is 3.76. The first-order valence-corrected chi connectivity index (χ1v) is 7.55. The van der Waals surface area contributed by atoms with Gasteiger partial charge in [-0.2, -0.15) is 0 Å². The molecule has 0 fully saturated rings. The topological polar surface area (TPSA) is 0 Å². The predicted molar refractivity (Wildman–Crippen MR) is 83.7 cm³/mol. The molecule has 18 heavy (non-hydrogen) atoms. The van der Waals surface area contributed by atoms with Crippen LogP contribution in [-0.4, -0.2) is 0 Å². The van der Waals surface area contributed by atoms with Crippen LogP contribution >= 0.6 is 11.3 Å². The van der Waals surface area contributed by atoms with E-state index in [9.17, 15) is 0 Å². The van der Waals surface area contributed by atoms with E-state index in [1.54, 1.807) is 0 Å². The Morgan fingerprint density at radius 2 is 1.67 bits per heavy atom. The molecule has 0 atom stereocenters. The van der Waals surface area contributed by atoms with E-state index in [0.29, 0.717) is 5.41 Å². The number of hydrogen-bond acceptors (Lipinski definition) is 1. The van der Waals surface area contributed by atoms with E-state index in [2.05, 4.69) is 65.1 Å². The molecule has 2 rings (SSSR count). The maximum atomic E-state index is 2.38. The fourth-order valence-electron chi connectivity index (χ4n) is 2.38. The van der Waals surface area contributed by atoms with E-state index in [1.165, 1.54) is 21.2 Å². The first-order chi connectivity index (χ1) is 8.17. The molecule has 1 heterocycles. The Morgan fingerprint density at radius 1 is 1.00 bits per heavy atom. The molecule has 0 aliphatic carbocycles. The fraction of sp³-hybridized carbons (Fsp3) is 0.529. The van der Waals surface area contributed by atoms with Crippen LogP contribution in [0.3, 0.4) is 0 Å². The Bertz CT molecular complexity index is 547. The second-order valence-electron chi connectivity index (χ2n) is 7.47. The molecule has 0 bridgehead atoms. The third kappa shape index (κ3) is 2.95. The van der Waals surface area contributed by atoms with Crippen LogP contribution in [0, 0.1) is 5.41 Å². The molecule has 1 aromatic carbocycles. The summed E-state index contributed by atoms with van der Waals surface area (Å²) in [5.41, 5.74) is 3.53. The molecule has 98 valence electrons. The summed E-state index contributed by atoms with van der Waals surface area (Å²) in [6.45, 7) is 13.8. The van der Waals surface area contributed by atoms with E-state index >= 15 is 0 Å². The van der Waals surface area contributed by atoms with Gasteiger partial charge in [-0.1, -0.05) is 53.7 Å². The van der Waals surface area contributed by atoms with Gasteiger partial charge in [-0.3, -0.25) is 0 Å². The van der Waals surface area contributed by atoms with Crippen molar-refractivity contribution >= 4 is 21.4 Å². The molecule has 0 radical (unpaired) electrons. The summed E-state index contributed by atoms with van der Waals surface area (Å²) >= 11 is 1.88. The van der Waals surface area contributed by atoms with Crippen LogP contribution in [0.25, 0.3) is 10.1 Å². The van der Waals surface area contributed by atoms with Gasteiger partial charge >= 0.3 is 0 Å². The minimum Gasteiger partial charge on any atom is -0.143 e. The Labute approximate surface area is 115 Å². The lowest BCUT2D eigenvalue weighted by atomic mass is 9.85. The third-order valence-corrected chi connectivity index (χ3v) is 4.13. The van der Waals surface area contributed by atoms with Crippen LogP contribution in [0.1, 0.15) is 52.7 Å². The molecular weight excluding hydrogens is 236 g/mol. The highest BCUT2D eigenvalue weighted by molar-refractivity contribution is 7.17. The summed E-state index contributed by atoms with van der Waals surface area (Å²) in [4.78, 5) is 0. The van der Waals surface area contributed by atoms with Gasteiger partial charge in [0.2, 0.25) is 0 Å². The van der Waals surface area contributed by atoms with Gasteiger partial charge in [0.15, 0.2) is 0 Å². The van der Waals surface area contributed by atoms with Gasteiger partial charge in [-0.25, -0.2) is 0 Å². The highest BCUT2D eigenvalue weighted by Crippen LogP contribution is 2.35. The quantitative estimate of drug-likeness (QED) is 0.609. The van der Waals surface area contributed by atoms with Gasteiger partial charge < -0.3 is 0 Å². The molecule has 0 aliphatic rings. The summed E-state index contributed by atoms with van der Waals surface area (Å²) in [7, 11) is 0. The molecule has 0 unspecified atom stereocenters. The smallest absolute Gasteiger partial charge is 0.0348 e. The number of fused-ring (bicyclic) bond motifs is 1. The molecule has 0 saturated heterocycles. The zero-order valence-electron chi connectivity index (χ0n) is 12.4. The van der Waals surface area contributed by atoms with Gasteiger partial charge in [0, 0.05) is 4.70 Å². The molecule has 2 aromatic rings. The monoisotopic (exact) mass is 260 g/mol. The largest absolute Gasteiger partial charge is 0.143 e. The molecule has 0 amide bonds. The second-order valence-corrected chi connectivity index (χ2v) is 8.38. The van der Waals surface area contributed by atoms with Crippen molar-refractivity contribution in [1.29, 1.82) is 0 Å². The molecule has 0 spiro atoms. The zero-order chi connectivity index (χ0) is 13.6. The second kappa shape index (κ2) is 4.38. The summed E-state index contributed by atoms with van der Waals surface area (Å²) < 4.78 is 1.43. The van der Waals surface area contributed by atoms with Crippen molar-refractivity contribution in [2.24, 2.45) is 5.41 Å². The minimum atomic E-state index is 0.240. The Hall–Kier alpha value is -0.820. The first kappa shape index (κ1) is 13.6. The average molecular weight is 260 g/mol. The summed E-state index contributed by atoms with van der Waals surface area (Å²) in [5.74, 6) is 0. The minimum absolute atomic E-state index is 0.240. The highest BCUT2D eigenvalue weighted by Gasteiger charge is 2.19. The van der Waals surface area contributed by atoms with Crippen molar-refractivity contribution in [3.63, 3.8) is 0 Å². The van der Waals surface area contributed by atoms with Crippen LogP contribution in [-0.2, 0) is 11.8 Å². The summed E-state index contributed by atoms with van der Waals surface area (Å²) in [6.07, 6.45) is 1.14. The number of thiophene rings is 1. The van der Waals surface area contributed by atoms with Gasteiger partial charge in [-0.05, 0) is 45.2 Å². The van der Waals surface area contributed by atoms with Gasteiger partial charge in [0.25, 0.3) is 0 Å². The lowest BCUT2D eigenvalue weighted by Crippen LogP contribution is -2.10. The molecule has 0 N–H and O–H groups in total. The van der Waals surface area contributed by atoms with Crippen molar-refractivity contribution in [2.45, 2.75) is 53.4 Å². The molecule has 0 aliphatic heterocycles. The van der Waals surface area contributed by atoms with Gasteiger partial charge in [0.1, 0.15) is 0 Å². The van der Waals surface area contributed by atoms with Crippen LogP contribution < -0.4 is 0 Å². The third-order valence-electron chi connectivity index (χ3n) is 3.18. The van der Waals surface area contributed by atoms with Crippen molar-refractivity contribution in [2.75, 3.05) is 0 Å². The normalized spacial score (nSPS) is 13.2. The van der Waals surface area contributed by atoms with Crippen molar-refractivity contribution in [3.05, 3.63) is 34.7 Å².